The molecular weight excluding hydrogens is 285 g/mol. The second-order valence-corrected chi connectivity index (χ2v) is 3.82. The summed E-state index contributed by atoms with van der Waals surface area (Å²) in [6, 6.07) is 4.38. The van der Waals surface area contributed by atoms with E-state index in [1.807, 2.05) is 5.32 Å². The minimum absolute atomic E-state index is 0.0503. The number of carbonyl (C=O) groups excluding carboxylic acids is 2. The van der Waals surface area contributed by atoms with E-state index in [0.717, 1.165) is 12.1 Å². The average Bonchev–Trinajstić information content (AvgIpc) is 2.35. The van der Waals surface area contributed by atoms with Crippen LogP contribution in [0.25, 0.3) is 0 Å². The third-order valence-electron chi connectivity index (χ3n) is 2.07. The summed E-state index contributed by atoms with van der Waals surface area (Å²) in [7, 11) is 0. The number of carbonyl (C=O) groups is 2. The van der Waals surface area contributed by atoms with Crippen molar-refractivity contribution in [3.63, 3.8) is 0 Å². The summed E-state index contributed by atoms with van der Waals surface area (Å²) in [6.07, 6.45) is -4.61. The lowest BCUT2D eigenvalue weighted by molar-refractivity contribution is -0.138. The molecule has 0 aliphatic rings. The third kappa shape index (κ3) is 4.44. The van der Waals surface area contributed by atoms with E-state index in [1.54, 1.807) is 0 Å². The standard InChI is InChI=1S/C11H10ClF3N2O2/c12-5-6-16-9(18)10(19)17-8-4-2-1-3-7(8)11(13,14)15/h1-4H,5-6H2,(H,16,18)(H,17,19). The van der Waals surface area contributed by atoms with Gasteiger partial charge in [-0.3, -0.25) is 9.59 Å². The molecule has 0 aromatic heterocycles. The highest BCUT2D eigenvalue weighted by Gasteiger charge is 2.33. The predicted molar refractivity (Wildman–Crippen MR) is 63.8 cm³/mol. The Balaban J connectivity index is 2.83. The van der Waals surface area contributed by atoms with Crippen LogP contribution in [0.2, 0.25) is 0 Å². The number of rotatable bonds is 3. The van der Waals surface area contributed by atoms with Gasteiger partial charge in [-0.15, -0.1) is 11.6 Å². The molecule has 0 saturated heterocycles. The van der Waals surface area contributed by atoms with Crippen LogP contribution in [0.4, 0.5) is 18.9 Å². The molecular formula is C11H10ClF3N2O2. The van der Waals surface area contributed by atoms with Crippen molar-refractivity contribution in [1.29, 1.82) is 0 Å². The van der Waals surface area contributed by atoms with Crippen molar-refractivity contribution in [2.75, 3.05) is 17.7 Å². The fourth-order valence-electron chi connectivity index (χ4n) is 1.26. The molecule has 2 N–H and O–H groups in total. The number of amides is 2. The molecule has 19 heavy (non-hydrogen) atoms. The summed E-state index contributed by atoms with van der Waals surface area (Å²) in [5, 5.41) is 4.06. The van der Waals surface area contributed by atoms with E-state index in [-0.39, 0.29) is 12.4 Å². The Labute approximate surface area is 111 Å². The first-order valence-corrected chi connectivity index (χ1v) is 5.71. The normalized spacial score (nSPS) is 10.9. The van der Waals surface area contributed by atoms with Crippen molar-refractivity contribution in [2.24, 2.45) is 0 Å². The molecule has 104 valence electrons. The minimum atomic E-state index is -4.61. The largest absolute Gasteiger partial charge is 0.418 e. The monoisotopic (exact) mass is 294 g/mol. The minimum Gasteiger partial charge on any atom is -0.347 e. The van der Waals surface area contributed by atoms with Crippen LogP contribution in [0.5, 0.6) is 0 Å². The highest BCUT2D eigenvalue weighted by molar-refractivity contribution is 6.39. The number of hydrogen-bond acceptors (Lipinski definition) is 2. The Bertz CT molecular complexity index is 477. The number of hydrogen-bond donors (Lipinski definition) is 2. The fraction of sp³-hybridized carbons (Fsp3) is 0.273. The molecule has 2 amide bonds. The molecule has 0 radical (unpaired) electrons. The van der Waals surface area contributed by atoms with Gasteiger partial charge in [0.1, 0.15) is 0 Å². The van der Waals surface area contributed by atoms with Gasteiger partial charge < -0.3 is 10.6 Å². The van der Waals surface area contributed by atoms with Gasteiger partial charge in [0.15, 0.2) is 0 Å². The van der Waals surface area contributed by atoms with E-state index >= 15 is 0 Å². The molecule has 0 atom stereocenters. The van der Waals surface area contributed by atoms with Gasteiger partial charge in [0.05, 0.1) is 11.3 Å². The van der Waals surface area contributed by atoms with Crippen molar-refractivity contribution in [3.8, 4) is 0 Å². The molecule has 0 spiro atoms. The van der Waals surface area contributed by atoms with Crippen molar-refractivity contribution >= 4 is 29.1 Å². The molecule has 0 aliphatic carbocycles. The van der Waals surface area contributed by atoms with Gasteiger partial charge in [-0.25, -0.2) is 0 Å². The molecule has 0 bridgehead atoms. The maximum atomic E-state index is 12.6. The van der Waals surface area contributed by atoms with E-state index in [9.17, 15) is 22.8 Å². The molecule has 0 heterocycles. The first kappa shape index (κ1) is 15.3. The van der Waals surface area contributed by atoms with Crippen LogP contribution in [0.3, 0.4) is 0 Å². The number of para-hydroxylation sites is 1. The van der Waals surface area contributed by atoms with Crippen LogP contribution in [0, 0.1) is 0 Å². The van der Waals surface area contributed by atoms with Crippen LogP contribution in [0.15, 0.2) is 24.3 Å². The summed E-state index contributed by atoms with van der Waals surface area (Å²) >= 11 is 5.30. The summed E-state index contributed by atoms with van der Waals surface area (Å²) in [6.45, 7) is 0.0503. The zero-order valence-electron chi connectivity index (χ0n) is 9.55. The Kier molecular flexibility index (Phi) is 5.17. The lowest BCUT2D eigenvalue weighted by Gasteiger charge is -2.13. The topological polar surface area (TPSA) is 58.2 Å². The molecule has 1 rings (SSSR count). The van der Waals surface area contributed by atoms with E-state index in [4.69, 9.17) is 11.6 Å². The number of benzene rings is 1. The number of halogens is 4. The molecule has 0 aliphatic heterocycles. The van der Waals surface area contributed by atoms with E-state index in [0.29, 0.717) is 0 Å². The fourth-order valence-corrected chi connectivity index (χ4v) is 1.35. The third-order valence-corrected chi connectivity index (χ3v) is 2.26. The Hall–Kier alpha value is -1.76. The first-order chi connectivity index (χ1) is 8.86. The number of nitrogens with one attached hydrogen (secondary N) is 2. The van der Waals surface area contributed by atoms with Gasteiger partial charge in [-0.1, -0.05) is 12.1 Å². The maximum Gasteiger partial charge on any atom is 0.418 e. The summed E-state index contributed by atoms with van der Waals surface area (Å²) in [4.78, 5) is 22.6. The zero-order valence-corrected chi connectivity index (χ0v) is 10.3. The van der Waals surface area contributed by atoms with Gasteiger partial charge in [-0.2, -0.15) is 13.2 Å². The number of anilines is 1. The Morgan fingerprint density at radius 2 is 1.79 bits per heavy atom. The predicted octanol–water partition coefficient (Wildman–Crippen LogP) is 2.00. The van der Waals surface area contributed by atoms with Gasteiger partial charge in [-0.05, 0) is 12.1 Å². The van der Waals surface area contributed by atoms with Crippen molar-refractivity contribution < 1.29 is 22.8 Å². The second kappa shape index (κ2) is 6.42. The molecule has 1 aromatic rings. The smallest absolute Gasteiger partial charge is 0.347 e. The second-order valence-electron chi connectivity index (χ2n) is 3.44. The molecule has 4 nitrogen and oxygen atoms in total. The Morgan fingerprint density at radius 1 is 1.16 bits per heavy atom. The van der Waals surface area contributed by atoms with Gasteiger partial charge >= 0.3 is 18.0 Å². The van der Waals surface area contributed by atoms with E-state index < -0.39 is 29.2 Å². The van der Waals surface area contributed by atoms with E-state index in [2.05, 4.69) is 5.32 Å². The summed E-state index contributed by atoms with van der Waals surface area (Å²) in [5.41, 5.74) is -1.49. The van der Waals surface area contributed by atoms with Crippen LogP contribution in [-0.4, -0.2) is 24.2 Å². The van der Waals surface area contributed by atoms with Gasteiger partial charge in [0, 0.05) is 12.4 Å². The van der Waals surface area contributed by atoms with Crippen LogP contribution in [-0.2, 0) is 15.8 Å². The highest BCUT2D eigenvalue weighted by atomic mass is 35.5. The quantitative estimate of drug-likeness (QED) is 0.662. The maximum absolute atomic E-state index is 12.6. The highest BCUT2D eigenvalue weighted by Crippen LogP contribution is 2.34. The average molecular weight is 295 g/mol. The van der Waals surface area contributed by atoms with Gasteiger partial charge in [0.2, 0.25) is 0 Å². The first-order valence-electron chi connectivity index (χ1n) is 5.17. The van der Waals surface area contributed by atoms with Crippen LogP contribution < -0.4 is 10.6 Å². The molecule has 1 aromatic carbocycles. The molecule has 0 saturated carbocycles. The van der Waals surface area contributed by atoms with Crippen LogP contribution >= 0.6 is 11.6 Å². The lowest BCUT2D eigenvalue weighted by atomic mass is 10.1. The van der Waals surface area contributed by atoms with Crippen LogP contribution in [0.1, 0.15) is 5.56 Å². The summed E-state index contributed by atoms with van der Waals surface area (Å²) < 4.78 is 37.9. The molecule has 0 fully saturated rings. The number of alkyl halides is 4. The molecule has 8 heteroatoms. The lowest BCUT2D eigenvalue weighted by Crippen LogP contribution is -2.36. The van der Waals surface area contributed by atoms with E-state index in [1.165, 1.54) is 12.1 Å². The van der Waals surface area contributed by atoms with Crippen molar-refractivity contribution in [2.45, 2.75) is 6.18 Å². The SMILES string of the molecule is O=C(NCCCl)C(=O)Nc1ccccc1C(F)(F)F. The summed E-state index contributed by atoms with van der Waals surface area (Å²) in [5.74, 6) is -2.13. The van der Waals surface area contributed by atoms with Crippen molar-refractivity contribution in [3.05, 3.63) is 29.8 Å². The van der Waals surface area contributed by atoms with Crippen molar-refractivity contribution in [1.82, 2.24) is 5.32 Å². The van der Waals surface area contributed by atoms with Gasteiger partial charge in [0.25, 0.3) is 0 Å². The molecule has 0 unspecified atom stereocenters. The Morgan fingerprint density at radius 3 is 2.37 bits per heavy atom. The zero-order chi connectivity index (χ0) is 14.5.